The molecule has 1 rings (SSSR count). The zero-order chi connectivity index (χ0) is 13.8. The number of aryl methyl sites for hydroxylation is 1. The van der Waals surface area contributed by atoms with E-state index in [-0.39, 0.29) is 12.1 Å². The molecule has 0 atom stereocenters. The molecule has 0 aromatic heterocycles. The van der Waals surface area contributed by atoms with Crippen LogP contribution >= 0.6 is 0 Å². The van der Waals surface area contributed by atoms with Gasteiger partial charge < -0.3 is 9.84 Å². The number of rotatable bonds is 6. The Balaban J connectivity index is 2.71. The van der Waals surface area contributed by atoms with E-state index < -0.39 is 0 Å². The molecule has 0 bridgehead atoms. The molecule has 102 valence electrons. The van der Waals surface area contributed by atoms with E-state index >= 15 is 0 Å². The molecule has 3 nitrogen and oxygen atoms in total. The second-order valence-electron chi connectivity index (χ2n) is 5.46. The van der Waals surface area contributed by atoms with Crippen LogP contribution in [0.25, 0.3) is 0 Å². The van der Waals surface area contributed by atoms with Crippen molar-refractivity contribution < 1.29 is 9.84 Å². The summed E-state index contributed by atoms with van der Waals surface area (Å²) in [6, 6.07) is 6.24. The number of benzene rings is 1. The van der Waals surface area contributed by atoms with Gasteiger partial charge in [-0.25, -0.2) is 0 Å². The molecule has 0 saturated heterocycles. The number of likely N-dealkylation sites (N-methyl/N-ethyl adjacent to an activating group) is 1. The van der Waals surface area contributed by atoms with Gasteiger partial charge in [-0.2, -0.15) is 0 Å². The van der Waals surface area contributed by atoms with Crippen LogP contribution in [0.3, 0.4) is 0 Å². The quantitative estimate of drug-likeness (QED) is 0.841. The first-order valence-electron chi connectivity index (χ1n) is 6.36. The molecule has 0 aliphatic rings. The summed E-state index contributed by atoms with van der Waals surface area (Å²) in [6.45, 7) is 7.23. The van der Waals surface area contributed by atoms with E-state index in [2.05, 4.69) is 24.0 Å². The molecule has 18 heavy (non-hydrogen) atoms. The molecule has 0 aliphatic carbocycles. The summed E-state index contributed by atoms with van der Waals surface area (Å²) in [5.74, 6) is 0.941. The highest BCUT2D eigenvalue weighted by Crippen LogP contribution is 2.21. The monoisotopic (exact) mass is 251 g/mol. The fourth-order valence-electron chi connectivity index (χ4n) is 1.81. The summed E-state index contributed by atoms with van der Waals surface area (Å²) in [7, 11) is 3.74. The lowest BCUT2D eigenvalue weighted by Crippen LogP contribution is -2.45. The Bertz CT molecular complexity index is 388. The minimum absolute atomic E-state index is 0.161. The first-order chi connectivity index (χ1) is 8.40. The molecule has 1 N–H and O–H groups in total. The van der Waals surface area contributed by atoms with Crippen LogP contribution in [0.5, 0.6) is 5.75 Å². The molecule has 0 fully saturated rings. The van der Waals surface area contributed by atoms with Gasteiger partial charge in [-0.05, 0) is 45.9 Å². The summed E-state index contributed by atoms with van der Waals surface area (Å²) in [6.07, 6.45) is 0.921. The van der Waals surface area contributed by atoms with Crippen LogP contribution in [0.1, 0.15) is 25.0 Å². The molecular weight excluding hydrogens is 226 g/mol. The standard InChI is InChI=1S/C15H25NO2/c1-12-6-7-14(18-5)13(10-12)8-9-16(4)15(2,3)11-17/h6-7,10,17H,8-9,11H2,1-5H3. The molecule has 3 heteroatoms. The third-order valence-corrected chi connectivity index (χ3v) is 3.57. The minimum atomic E-state index is -0.183. The highest BCUT2D eigenvalue weighted by Gasteiger charge is 2.22. The molecule has 0 saturated carbocycles. The number of hydrogen-bond acceptors (Lipinski definition) is 3. The predicted molar refractivity (Wildman–Crippen MR) is 75.2 cm³/mol. The maximum absolute atomic E-state index is 9.34. The molecule has 0 heterocycles. The minimum Gasteiger partial charge on any atom is -0.496 e. The number of aliphatic hydroxyl groups excluding tert-OH is 1. The van der Waals surface area contributed by atoms with E-state index in [0.29, 0.717) is 0 Å². The van der Waals surface area contributed by atoms with Gasteiger partial charge in [-0.3, -0.25) is 4.90 Å². The smallest absolute Gasteiger partial charge is 0.122 e. The molecule has 1 aromatic rings. The van der Waals surface area contributed by atoms with E-state index in [0.717, 1.165) is 18.7 Å². The van der Waals surface area contributed by atoms with Crippen molar-refractivity contribution in [2.45, 2.75) is 32.7 Å². The number of ether oxygens (including phenoxy) is 1. The van der Waals surface area contributed by atoms with E-state index in [1.54, 1.807) is 7.11 Å². The highest BCUT2D eigenvalue weighted by molar-refractivity contribution is 5.37. The predicted octanol–water partition coefficient (Wildman–Crippen LogP) is 2.25. The van der Waals surface area contributed by atoms with Gasteiger partial charge >= 0.3 is 0 Å². The third kappa shape index (κ3) is 3.72. The molecule has 0 unspecified atom stereocenters. The average Bonchev–Trinajstić information content (AvgIpc) is 2.36. The number of methoxy groups -OCH3 is 1. The Labute approximate surface area is 110 Å². The van der Waals surface area contributed by atoms with E-state index in [4.69, 9.17) is 4.74 Å². The lowest BCUT2D eigenvalue weighted by Gasteiger charge is -2.34. The Hall–Kier alpha value is -1.06. The summed E-state index contributed by atoms with van der Waals surface area (Å²) < 4.78 is 5.38. The first kappa shape index (κ1) is 15.0. The van der Waals surface area contributed by atoms with Gasteiger partial charge in [-0.1, -0.05) is 17.7 Å². The summed E-state index contributed by atoms with van der Waals surface area (Å²) in [5.41, 5.74) is 2.28. The van der Waals surface area contributed by atoms with E-state index in [9.17, 15) is 5.11 Å². The Morgan fingerprint density at radius 2 is 2.00 bits per heavy atom. The van der Waals surface area contributed by atoms with Crippen molar-refractivity contribution in [2.75, 3.05) is 27.3 Å². The molecule has 1 aromatic carbocycles. The normalized spacial score (nSPS) is 11.9. The molecule has 0 spiro atoms. The zero-order valence-corrected chi connectivity index (χ0v) is 12.2. The van der Waals surface area contributed by atoms with Gasteiger partial charge in [0.05, 0.1) is 13.7 Å². The zero-order valence-electron chi connectivity index (χ0n) is 12.2. The van der Waals surface area contributed by atoms with Gasteiger partial charge in [0.1, 0.15) is 5.75 Å². The average molecular weight is 251 g/mol. The summed E-state index contributed by atoms with van der Waals surface area (Å²) in [4.78, 5) is 2.18. The van der Waals surface area contributed by atoms with Gasteiger partial charge in [-0.15, -0.1) is 0 Å². The van der Waals surface area contributed by atoms with Crippen molar-refractivity contribution in [2.24, 2.45) is 0 Å². The Kier molecular flexibility index (Phi) is 5.17. The Morgan fingerprint density at radius 1 is 1.33 bits per heavy atom. The number of nitrogens with zero attached hydrogens (tertiary/aromatic N) is 1. The second kappa shape index (κ2) is 6.21. The van der Waals surface area contributed by atoms with Crippen molar-refractivity contribution in [3.05, 3.63) is 29.3 Å². The van der Waals surface area contributed by atoms with Crippen molar-refractivity contribution in [3.8, 4) is 5.75 Å². The van der Waals surface area contributed by atoms with Crippen LogP contribution in [0, 0.1) is 6.92 Å². The maximum atomic E-state index is 9.34. The molecular formula is C15H25NO2. The molecule has 0 amide bonds. The molecule has 0 aliphatic heterocycles. The van der Waals surface area contributed by atoms with Crippen LogP contribution in [-0.2, 0) is 6.42 Å². The van der Waals surface area contributed by atoms with E-state index in [1.807, 2.05) is 27.0 Å². The van der Waals surface area contributed by atoms with E-state index in [1.165, 1.54) is 11.1 Å². The van der Waals surface area contributed by atoms with Crippen LogP contribution < -0.4 is 4.74 Å². The first-order valence-corrected chi connectivity index (χ1v) is 6.36. The number of hydrogen-bond donors (Lipinski definition) is 1. The third-order valence-electron chi connectivity index (χ3n) is 3.57. The SMILES string of the molecule is COc1ccc(C)cc1CCN(C)C(C)(C)CO. The number of aliphatic hydroxyl groups is 1. The van der Waals surface area contributed by atoms with Crippen LogP contribution in [0.4, 0.5) is 0 Å². The van der Waals surface area contributed by atoms with Gasteiger partial charge in [0.2, 0.25) is 0 Å². The van der Waals surface area contributed by atoms with Crippen molar-refractivity contribution >= 4 is 0 Å². The van der Waals surface area contributed by atoms with Crippen LogP contribution in [-0.4, -0.2) is 42.9 Å². The lowest BCUT2D eigenvalue weighted by atomic mass is 10.0. The van der Waals surface area contributed by atoms with Crippen LogP contribution in [0.15, 0.2) is 18.2 Å². The fourth-order valence-corrected chi connectivity index (χ4v) is 1.81. The van der Waals surface area contributed by atoms with Crippen LogP contribution in [0.2, 0.25) is 0 Å². The van der Waals surface area contributed by atoms with Gasteiger partial charge in [0.15, 0.2) is 0 Å². The largest absolute Gasteiger partial charge is 0.496 e. The van der Waals surface area contributed by atoms with Crippen molar-refractivity contribution in [1.82, 2.24) is 4.90 Å². The molecule has 0 radical (unpaired) electrons. The Morgan fingerprint density at radius 3 is 2.56 bits per heavy atom. The van der Waals surface area contributed by atoms with Gasteiger partial charge in [0.25, 0.3) is 0 Å². The lowest BCUT2D eigenvalue weighted by molar-refractivity contribution is 0.0799. The second-order valence-corrected chi connectivity index (χ2v) is 5.46. The fraction of sp³-hybridized carbons (Fsp3) is 0.600. The highest BCUT2D eigenvalue weighted by atomic mass is 16.5. The van der Waals surface area contributed by atoms with Crippen molar-refractivity contribution in [1.29, 1.82) is 0 Å². The van der Waals surface area contributed by atoms with Crippen molar-refractivity contribution in [3.63, 3.8) is 0 Å². The van der Waals surface area contributed by atoms with Gasteiger partial charge in [0, 0.05) is 12.1 Å². The summed E-state index contributed by atoms with van der Waals surface area (Å²) >= 11 is 0. The topological polar surface area (TPSA) is 32.7 Å². The summed E-state index contributed by atoms with van der Waals surface area (Å²) in [5, 5.41) is 9.34. The maximum Gasteiger partial charge on any atom is 0.122 e.